The Hall–Kier alpha value is -2.47. The summed E-state index contributed by atoms with van der Waals surface area (Å²) in [4.78, 5) is 13.1. The summed E-state index contributed by atoms with van der Waals surface area (Å²) in [6, 6.07) is 17.4. The standard InChI is InChI=1S/C20H14Cl2N4S/c1-12-23-18(22)10-19(24-12)25-16-8-4-13(5-9-16)17-11-27-20(26-17)14-2-6-15(21)7-3-14/h2-11H,1H3,(H,23,24,25). The summed E-state index contributed by atoms with van der Waals surface area (Å²) in [5.41, 5.74) is 3.97. The number of hydrogen-bond donors (Lipinski definition) is 1. The van der Waals surface area contributed by atoms with Crippen molar-refractivity contribution in [2.45, 2.75) is 6.92 Å². The van der Waals surface area contributed by atoms with Gasteiger partial charge in [0.15, 0.2) is 0 Å². The van der Waals surface area contributed by atoms with Gasteiger partial charge in [0.1, 0.15) is 21.8 Å². The Morgan fingerprint density at radius 3 is 2.26 bits per heavy atom. The fraction of sp³-hybridized carbons (Fsp3) is 0.0500. The summed E-state index contributed by atoms with van der Waals surface area (Å²) >= 11 is 13.5. The summed E-state index contributed by atoms with van der Waals surface area (Å²) in [5, 5.41) is 7.39. The third-order valence-electron chi connectivity index (χ3n) is 3.86. The van der Waals surface area contributed by atoms with E-state index in [1.54, 1.807) is 24.3 Å². The molecule has 0 saturated carbocycles. The van der Waals surface area contributed by atoms with Crippen molar-refractivity contribution in [3.8, 4) is 21.8 Å². The first-order chi connectivity index (χ1) is 13.1. The average Bonchev–Trinajstić information content (AvgIpc) is 3.12. The minimum Gasteiger partial charge on any atom is -0.340 e. The van der Waals surface area contributed by atoms with E-state index >= 15 is 0 Å². The van der Waals surface area contributed by atoms with Gasteiger partial charge >= 0.3 is 0 Å². The highest BCUT2D eigenvalue weighted by atomic mass is 35.5. The Kier molecular flexibility index (Phi) is 5.07. The maximum absolute atomic E-state index is 5.98. The normalized spacial score (nSPS) is 10.8. The molecule has 0 radical (unpaired) electrons. The summed E-state index contributed by atoms with van der Waals surface area (Å²) in [7, 11) is 0. The molecule has 0 aliphatic carbocycles. The van der Waals surface area contributed by atoms with Gasteiger partial charge in [-0.05, 0) is 31.2 Å². The number of benzene rings is 2. The number of hydrogen-bond acceptors (Lipinski definition) is 5. The second-order valence-electron chi connectivity index (χ2n) is 5.87. The van der Waals surface area contributed by atoms with Crippen LogP contribution in [0.15, 0.2) is 60.0 Å². The van der Waals surface area contributed by atoms with Crippen molar-refractivity contribution in [3.05, 3.63) is 76.0 Å². The first kappa shape index (κ1) is 17.9. The van der Waals surface area contributed by atoms with Crippen molar-refractivity contribution >= 4 is 46.0 Å². The molecule has 2 heterocycles. The number of anilines is 2. The van der Waals surface area contributed by atoms with Crippen LogP contribution in [0.4, 0.5) is 11.5 Å². The second-order valence-corrected chi connectivity index (χ2v) is 7.55. The van der Waals surface area contributed by atoms with Crippen molar-refractivity contribution in [2.75, 3.05) is 5.32 Å². The monoisotopic (exact) mass is 412 g/mol. The molecule has 1 N–H and O–H groups in total. The lowest BCUT2D eigenvalue weighted by molar-refractivity contribution is 1.06. The van der Waals surface area contributed by atoms with Gasteiger partial charge in [-0.25, -0.2) is 15.0 Å². The lowest BCUT2D eigenvalue weighted by Gasteiger charge is -2.07. The Balaban J connectivity index is 1.53. The van der Waals surface area contributed by atoms with E-state index in [2.05, 4.69) is 20.7 Å². The Morgan fingerprint density at radius 2 is 1.56 bits per heavy atom. The highest BCUT2D eigenvalue weighted by Gasteiger charge is 2.07. The van der Waals surface area contributed by atoms with Gasteiger partial charge < -0.3 is 5.32 Å². The lowest BCUT2D eigenvalue weighted by atomic mass is 10.1. The van der Waals surface area contributed by atoms with Crippen LogP contribution in [-0.4, -0.2) is 15.0 Å². The Morgan fingerprint density at radius 1 is 0.852 bits per heavy atom. The third kappa shape index (κ3) is 4.27. The van der Waals surface area contributed by atoms with Gasteiger partial charge in [0.05, 0.1) is 5.69 Å². The van der Waals surface area contributed by atoms with Crippen LogP contribution < -0.4 is 5.32 Å². The number of aryl methyl sites for hydroxylation is 1. The van der Waals surface area contributed by atoms with Gasteiger partial charge in [0, 0.05) is 33.3 Å². The molecule has 0 fully saturated rings. The topological polar surface area (TPSA) is 50.7 Å². The summed E-state index contributed by atoms with van der Waals surface area (Å²) in [6.45, 7) is 1.81. The highest BCUT2D eigenvalue weighted by Crippen LogP contribution is 2.30. The number of rotatable bonds is 4. The molecule has 0 amide bonds. The first-order valence-electron chi connectivity index (χ1n) is 8.17. The largest absolute Gasteiger partial charge is 0.340 e. The zero-order valence-corrected chi connectivity index (χ0v) is 16.6. The van der Waals surface area contributed by atoms with Crippen LogP contribution in [0.2, 0.25) is 10.2 Å². The van der Waals surface area contributed by atoms with E-state index in [-0.39, 0.29) is 0 Å². The first-order valence-corrected chi connectivity index (χ1v) is 9.80. The molecule has 7 heteroatoms. The maximum Gasteiger partial charge on any atom is 0.135 e. The van der Waals surface area contributed by atoms with Gasteiger partial charge in [-0.1, -0.05) is 47.5 Å². The van der Waals surface area contributed by atoms with Crippen molar-refractivity contribution < 1.29 is 0 Å². The molecular weight excluding hydrogens is 399 g/mol. The van der Waals surface area contributed by atoms with Crippen LogP contribution in [0.25, 0.3) is 21.8 Å². The lowest BCUT2D eigenvalue weighted by Crippen LogP contribution is -1.97. The predicted octanol–water partition coefficient (Wildman–Crippen LogP) is 6.63. The number of halogens is 2. The molecule has 4 nitrogen and oxygen atoms in total. The molecule has 4 rings (SSSR count). The molecule has 0 bridgehead atoms. The van der Waals surface area contributed by atoms with Crippen molar-refractivity contribution in [3.63, 3.8) is 0 Å². The Bertz CT molecular complexity index is 1060. The zero-order chi connectivity index (χ0) is 18.8. The van der Waals surface area contributed by atoms with E-state index in [0.717, 1.165) is 32.5 Å². The number of aromatic nitrogens is 3. The average molecular weight is 413 g/mol. The van der Waals surface area contributed by atoms with E-state index < -0.39 is 0 Å². The van der Waals surface area contributed by atoms with E-state index in [9.17, 15) is 0 Å². The predicted molar refractivity (Wildman–Crippen MR) is 113 cm³/mol. The van der Waals surface area contributed by atoms with Gasteiger partial charge in [0.2, 0.25) is 0 Å². The molecule has 27 heavy (non-hydrogen) atoms. The summed E-state index contributed by atoms with van der Waals surface area (Å²) < 4.78 is 0. The molecule has 0 spiro atoms. The minimum atomic E-state index is 0.416. The van der Waals surface area contributed by atoms with E-state index in [4.69, 9.17) is 28.2 Å². The van der Waals surface area contributed by atoms with Crippen molar-refractivity contribution in [1.82, 2.24) is 15.0 Å². The van der Waals surface area contributed by atoms with E-state index in [1.165, 1.54) is 0 Å². The second kappa shape index (κ2) is 7.64. The van der Waals surface area contributed by atoms with Crippen LogP contribution in [0.5, 0.6) is 0 Å². The SMILES string of the molecule is Cc1nc(Cl)cc(Nc2ccc(-c3csc(-c4ccc(Cl)cc4)n3)cc2)n1. The Labute approximate surface area is 170 Å². The van der Waals surface area contributed by atoms with E-state index in [1.807, 2.05) is 48.5 Å². The van der Waals surface area contributed by atoms with Crippen LogP contribution in [0.1, 0.15) is 5.82 Å². The maximum atomic E-state index is 5.98. The molecule has 2 aromatic carbocycles. The number of thiazole rings is 1. The summed E-state index contributed by atoms with van der Waals surface area (Å²) in [5.74, 6) is 1.29. The molecular formula is C20H14Cl2N4S. The van der Waals surface area contributed by atoms with E-state index in [0.29, 0.717) is 16.8 Å². The molecule has 4 aromatic rings. The van der Waals surface area contributed by atoms with Crippen LogP contribution in [0, 0.1) is 6.92 Å². The number of nitrogens with zero attached hydrogens (tertiary/aromatic N) is 3. The molecule has 0 unspecified atom stereocenters. The van der Waals surface area contributed by atoms with Gasteiger partial charge in [0.25, 0.3) is 0 Å². The van der Waals surface area contributed by atoms with Crippen LogP contribution in [0.3, 0.4) is 0 Å². The smallest absolute Gasteiger partial charge is 0.135 e. The highest BCUT2D eigenvalue weighted by molar-refractivity contribution is 7.13. The quantitative estimate of drug-likeness (QED) is 0.382. The van der Waals surface area contributed by atoms with Crippen molar-refractivity contribution in [1.29, 1.82) is 0 Å². The van der Waals surface area contributed by atoms with Gasteiger partial charge in [-0.2, -0.15) is 0 Å². The molecule has 0 atom stereocenters. The molecule has 0 saturated heterocycles. The number of nitrogens with one attached hydrogen (secondary N) is 1. The zero-order valence-electron chi connectivity index (χ0n) is 14.3. The third-order valence-corrected chi connectivity index (χ3v) is 5.19. The minimum absolute atomic E-state index is 0.416. The molecule has 0 aliphatic rings. The fourth-order valence-electron chi connectivity index (χ4n) is 2.60. The van der Waals surface area contributed by atoms with Gasteiger partial charge in [-0.3, -0.25) is 0 Å². The van der Waals surface area contributed by atoms with Crippen molar-refractivity contribution in [2.24, 2.45) is 0 Å². The summed E-state index contributed by atoms with van der Waals surface area (Å²) in [6.07, 6.45) is 0. The van der Waals surface area contributed by atoms with Crippen LogP contribution >= 0.6 is 34.5 Å². The molecule has 2 aromatic heterocycles. The molecule has 134 valence electrons. The van der Waals surface area contributed by atoms with Crippen LogP contribution in [-0.2, 0) is 0 Å². The molecule has 0 aliphatic heterocycles. The van der Waals surface area contributed by atoms with Gasteiger partial charge in [-0.15, -0.1) is 11.3 Å². The fourth-order valence-corrected chi connectivity index (χ4v) is 3.79.